The number of furan rings is 1. The third-order valence-corrected chi connectivity index (χ3v) is 9.69. The monoisotopic (exact) mass is 542 g/mol. The van der Waals surface area contributed by atoms with Crippen molar-refractivity contribution in [2.24, 2.45) is 28.1 Å². The lowest BCUT2D eigenvalue weighted by atomic mass is 9.40. The van der Waals surface area contributed by atoms with Crippen molar-refractivity contribution in [1.29, 1.82) is 0 Å². The van der Waals surface area contributed by atoms with E-state index in [-0.39, 0.29) is 0 Å². The van der Waals surface area contributed by atoms with Crippen LogP contribution < -0.4 is 0 Å². The predicted octanol–water partition coefficient (Wildman–Crippen LogP) is 2.59. The minimum atomic E-state index is -2.28. The highest BCUT2D eigenvalue weighted by Gasteiger charge is 2.74. The number of ether oxygens (including phenoxy) is 3. The molecule has 4 aliphatic rings. The van der Waals surface area contributed by atoms with Gasteiger partial charge in [-0.2, -0.15) is 0 Å². The number of aliphatic hydroxyl groups excluding tert-OH is 1. The molecule has 0 spiro atoms. The van der Waals surface area contributed by atoms with E-state index in [1.54, 1.807) is 26.8 Å². The highest BCUT2D eigenvalue weighted by molar-refractivity contribution is 6.00. The molecule has 1 unspecified atom stereocenters. The molecule has 39 heavy (non-hydrogen) atoms. The fraction of sp³-hybridized carbons (Fsp3) is 0.586. The van der Waals surface area contributed by atoms with E-state index in [9.17, 15) is 29.4 Å². The van der Waals surface area contributed by atoms with Crippen LogP contribution in [0.2, 0.25) is 0 Å². The highest BCUT2D eigenvalue weighted by atomic mass is 16.6. The summed E-state index contributed by atoms with van der Waals surface area (Å²) in [6.45, 7) is 8.07. The van der Waals surface area contributed by atoms with Gasteiger partial charge < -0.3 is 28.8 Å². The molecule has 2 bridgehead atoms. The molecule has 1 aliphatic heterocycles. The molecule has 5 rings (SSSR count). The lowest BCUT2D eigenvalue weighted by molar-refractivity contribution is -0.232. The van der Waals surface area contributed by atoms with Gasteiger partial charge >= 0.3 is 17.9 Å². The third kappa shape index (κ3) is 3.53. The molecule has 0 aromatic carbocycles. The summed E-state index contributed by atoms with van der Waals surface area (Å²) in [5.41, 5.74) is -3.96. The predicted molar refractivity (Wildman–Crippen MR) is 133 cm³/mol. The third-order valence-electron chi connectivity index (χ3n) is 9.69. The number of hydrogen-bond acceptors (Lipinski definition) is 10. The summed E-state index contributed by atoms with van der Waals surface area (Å²) in [7, 11) is 1.14. The van der Waals surface area contributed by atoms with Gasteiger partial charge in [0.25, 0.3) is 0 Å². The van der Waals surface area contributed by atoms with Crippen molar-refractivity contribution < 1.29 is 48.0 Å². The van der Waals surface area contributed by atoms with E-state index in [4.69, 9.17) is 18.6 Å². The van der Waals surface area contributed by atoms with Gasteiger partial charge in [0, 0.05) is 40.7 Å². The molecular formula is C29H34O10. The summed E-state index contributed by atoms with van der Waals surface area (Å²) < 4.78 is 21.5. The Labute approximate surface area is 226 Å². The zero-order chi connectivity index (χ0) is 28.7. The number of carbonyl (C=O) groups excluding carboxylic acids is 4. The molecule has 2 saturated carbocycles. The molecule has 10 heteroatoms. The lowest BCUT2D eigenvalue weighted by Crippen LogP contribution is -2.75. The maximum atomic E-state index is 14.3. The number of cyclic esters (lactones) is 1. The molecule has 8 atom stereocenters. The second-order valence-electron chi connectivity index (χ2n) is 12.2. The minimum absolute atomic E-state index is 0.433. The number of Topliss-reactive ketones (excluding diaryl/α,β-unsaturated/α-hetero) is 1. The SMILES string of the molecule is COC(=O)C(O)[C@H]1C(C)(C)[C@H](OC(C)=O)[C@]2(O)C=C3C4=CC(=O)O[C@@H](c5ccoc5)[C@]4(C)CC[C@@H]3[C@@]1(C)C2=O. The Hall–Kier alpha value is -3.24. The van der Waals surface area contributed by atoms with E-state index in [1.165, 1.54) is 24.7 Å². The van der Waals surface area contributed by atoms with Crippen LogP contribution in [0.3, 0.4) is 0 Å². The highest BCUT2D eigenvalue weighted by Crippen LogP contribution is 2.68. The molecule has 2 N–H and O–H groups in total. The molecule has 210 valence electrons. The number of methoxy groups -OCH3 is 1. The van der Waals surface area contributed by atoms with Crippen molar-refractivity contribution in [3.63, 3.8) is 0 Å². The van der Waals surface area contributed by atoms with E-state index in [0.717, 1.165) is 14.0 Å². The summed E-state index contributed by atoms with van der Waals surface area (Å²) in [5.74, 6) is -4.59. The number of carbonyl (C=O) groups is 4. The quantitative estimate of drug-likeness (QED) is 0.429. The van der Waals surface area contributed by atoms with Crippen LogP contribution in [-0.4, -0.2) is 58.8 Å². The van der Waals surface area contributed by atoms with Crippen LogP contribution in [0.1, 0.15) is 59.1 Å². The van der Waals surface area contributed by atoms with Gasteiger partial charge in [-0.05, 0) is 42.0 Å². The summed E-state index contributed by atoms with van der Waals surface area (Å²) >= 11 is 0. The second kappa shape index (κ2) is 8.63. The number of hydrogen-bond donors (Lipinski definition) is 2. The van der Waals surface area contributed by atoms with Gasteiger partial charge in [0.05, 0.1) is 19.6 Å². The first-order valence-electron chi connectivity index (χ1n) is 13.0. The van der Waals surface area contributed by atoms with E-state index >= 15 is 0 Å². The first-order chi connectivity index (χ1) is 18.1. The average Bonchev–Trinajstić information content (AvgIpc) is 3.39. The van der Waals surface area contributed by atoms with Crippen LogP contribution in [0.15, 0.2) is 46.3 Å². The molecular weight excluding hydrogens is 508 g/mol. The molecule has 10 nitrogen and oxygen atoms in total. The van der Waals surface area contributed by atoms with Gasteiger partial charge in [0.2, 0.25) is 0 Å². The molecule has 2 fully saturated rings. The fourth-order valence-electron chi connectivity index (χ4n) is 8.18. The zero-order valence-corrected chi connectivity index (χ0v) is 22.8. The van der Waals surface area contributed by atoms with Gasteiger partial charge in [0.15, 0.2) is 17.5 Å². The van der Waals surface area contributed by atoms with Crippen LogP contribution in [0.4, 0.5) is 0 Å². The fourth-order valence-corrected chi connectivity index (χ4v) is 8.18. The topological polar surface area (TPSA) is 150 Å². The Kier molecular flexibility index (Phi) is 6.05. The van der Waals surface area contributed by atoms with Crippen LogP contribution >= 0.6 is 0 Å². The van der Waals surface area contributed by atoms with Crippen molar-refractivity contribution >= 4 is 23.7 Å². The zero-order valence-electron chi connectivity index (χ0n) is 22.8. The summed E-state index contributed by atoms with van der Waals surface area (Å²) in [6.07, 6.45) is 2.88. The smallest absolute Gasteiger partial charge is 0.335 e. The molecule has 0 radical (unpaired) electrons. The maximum Gasteiger partial charge on any atom is 0.335 e. The van der Waals surface area contributed by atoms with E-state index in [0.29, 0.717) is 29.6 Å². The Balaban J connectivity index is 1.76. The van der Waals surface area contributed by atoms with Gasteiger partial charge in [-0.25, -0.2) is 9.59 Å². The van der Waals surface area contributed by atoms with Crippen molar-refractivity contribution in [3.8, 4) is 0 Å². The Morgan fingerprint density at radius 1 is 1.18 bits per heavy atom. The summed E-state index contributed by atoms with van der Waals surface area (Å²) in [6, 6.07) is 1.72. The van der Waals surface area contributed by atoms with Crippen LogP contribution in [-0.2, 0) is 33.4 Å². The maximum absolute atomic E-state index is 14.3. The number of rotatable bonds is 4. The Bertz CT molecular complexity index is 1310. The largest absolute Gasteiger partial charge is 0.472 e. The van der Waals surface area contributed by atoms with Crippen molar-refractivity contribution in [1.82, 2.24) is 0 Å². The van der Waals surface area contributed by atoms with Gasteiger partial charge in [-0.15, -0.1) is 0 Å². The van der Waals surface area contributed by atoms with E-state index < -0.39 is 75.7 Å². The van der Waals surface area contributed by atoms with Crippen LogP contribution in [0.25, 0.3) is 0 Å². The van der Waals surface area contributed by atoms with Gasteiger partial charge in [-0.3, -0.25) is 9.59 Å². The van der Waals surface area contributed by atoms with Gasteiger partial charge in [0.1, 0.15) is 12.2 Å². The van der Waals surface area contributed by atoms with E-state index in [2.05, 4.69) is 0 Å². The Morgan fingerprint density at radius 3 is 2.46 bits per heavy atom. The van der Waals surface area contributed by atoms with Crippen LogP contribution in [0.5, 0.6) is 0 Å². The minimum Gasteiger partial charge on any atom is -0.472 e. The average molecular weight is 543 g/mol. The first kappa shape index (κ1) is 27.3. The standard InChI is InChI=1S/C29H34O10/c1-14(30)38-25-26(2,3)21(20(32)23(33)36-6)28(5)17-7-9-27(4)18(16(17)12-29(25,35)24(28)34)11-19(31)39-22(27)15-8-10-37-13-15/h8,10-13,17,20-22,25,32,35H,7,9H2,1-6H3/t17-,20?,21-,22-,25-,27+,28+,29-/m0/s1. The van der Waals surface area contributed by atoms with E-state index in [1.807, 2.05) is 6.92 Å². The number of allylic oxidation sites excluding steroid dienone is 1. The molecule has 3 aliphatic carbocycles. The van der Waals surface area contributed by atoms with Crippen LogP contribution in [0, 0.1) is 28.1 Å². The Morgan fingerprint density at radius 2 is 1.87 bits per heavy atom. The first-order valence-corrected chi connectivity index (χ1v) is 13.0. The molecule has 0 saturated heterocycles. The molecule has 0 amide bonds. The number of fused-ring (bicyclic) bond motifs is 6. The summed E-state index contributed by atoms with van der Waals surface area (Å²) in [5, 5.41) is 23.5. The second-order valence-corrected chi connectivity index (χ2v) is 12.2. The lowest BCUT2D eigenvalue weighted by Gasteiger charge is -2.65. The number of esters is 3. The van der Waals surface area contributed by atoms with Crippen molar-refractivity contribution in [2.45, 2.75) is 71.4 Å². The van der Waals surface area contributed by atoms with Crippen molar-refractivity contribution in [3.05, 3.63) is 47.5 Å². The number of ketones is 1. The molecule has 1 aromatic heterocycles. The van der Waals surface area contributed by atoms with Crippen molar-refractivity contribution in [2.75, 3.05) is 7.11 Å². The molecule has 2 heterocycles. The summed E-state index contributed by atoms with van der Waals surface area (Å²) in [4.78, 5) is 52.1. The number of aliphatic hydroxyl groups is 2. The molecule has 1 aromatic rings. The van der Waals surface area contributed by atoms with Gasteiger partial charge in [-0.1, -0.05) is 27.7 Å². The normalized spacial score (nSPS) is 39.3.